The van der Waals surface area contributed by atoms with Crippen LogP contribution < -0.4 is 0 Å². The van der Waals surface area contributed by atoms with Crippen LogP contribution in [0.5, 0.6) is 0 Å². The van der Waals surface area contributed by atoms with E-state index in [1.807, 2.05) is 47.7 Å². The first-order chi connectivity index (χ1) is 31.7. The lowest BCUT2D eigenvalue weighted by atomic mass is 9.91. The zero-order chi connectivity index (χ0) is 42.3. The van der Waals surface area contributed by atoms with Gasteiger partial charge in [-0.05, 0) is 48.0 Å². The van der Waals surface area contributed by atoms with Crippen molar-refractivity contribution in [1.82, 2.24) is 24.1 Å². The maximum atomic E-state index is 5.60. The Kier molecular flexibility index (Phi) is 8.48. The lowest BCUT2D eigenvalue weighted by Crippen LogP contribution is -2.10. The van der Waals surface area contributed by atoms with E-state index in [1.54, 1.807) is 0 Å². The van der Waals surface area contributed by atoms with Crippen LogP contribution in [0.4, 0.5) is 0 Å². The fourth-order valence-corrected chi connectivity index (χ4v) is 11.3. The molecule has 64 heavy (non-hydrogen) atoms. The fraction of sp³-hybridized carbons (Fsp3) is 0. The van der Waals surface area contributed by atoms with Gasteiger partial charge in [-0.2, -0.15) is 0 Å². The Morgan fingerprint density at radius 1 is 0.359 bits per heavy atom. The molecule has 4 aromatic heterocycles. The number of nitrogens with zero attached hydrogens (tertiary/aromatic N) is 5. The maximum Gasteiger partial charge on any atom is 0.166 e. The smallest absolute Gasteiger partial charge is 0.166 e. The van der Waals surface area contributed by atoms with Gasteiger partial charge in [-0.1, -0.05) is 180 Å². The minimum atomic E-state index is 0.585. The molecule has 0 unspecified atom stereocenters. The van der Waals surface area contributed by atoms with Crippen molar-refractivity contribution in [2.75, 3.05) is 0 Å². The van der Waals surface area contributed by atoms with E-state index in [9.17, 15) is 0 Å². The first-order valence-electron chi connectivity index (χ1n) is 21.3. The highest BCUT2D eigenvalue weighted by Gasteiger charge is 2.32. The average Bonchev–Trinajstić information content (AvgIpc) is 4.02. The summed E-state index contributed by atoms with van der Waals surface area (Å²) in [5.74, 6) is 1.79. The van der Waals surface area contributed by atoms with Gasteiger partial charge in [0.1, 0.15) is 0 Å². The van der Waals surface area contributed by atoms with Gasteiger partial charge >= 0.3 is 0 Å². The number of benzene rings is 9. The van der Waals surface area contributed by atoms with E-state index in [4.69, 9.17) is 15.0 Å². The molecule has 4 heterocycles. The lowest BCUT2D eigenvalue weighted by Gasteiger charge is -2.25. The molecule has 0 amide bonds. The summed E-state index contributed by atoms with van der Waals surface area (Å²) >= 11 is 5.74. The quantitative estimate of drug-likeness (QED) is 0.167. The van der Waals surface area contributed by atoms with Gasteiger partial charge in [0.15, 0.2) is 17.5 Å². The first kappa shape index (κ1) is 36.9. The van der Waals surface area contributed by atoms with Gasteiger partial charge in [0, 0.05) is 58.2 Å². The third-order valence-corrected chi connectivity index (χ3v) is 14.1. The molecule has 0 N–H and O–H groups in total. The molecule has 13 rings (SSSR count). The van der Waals surface area contributed by atoms with Crippen LogP contribution in [0.2, 0.25) is 0 Å². The second kappa shape index (κ2) is 14.7. The van der Waals surface area contributed by atoms with Crippen LogP contribution in [-0.4, -0.2) is 24.1 Å². The zero-order valence-corrected chi connectivity index (χ0v) is 36.6. The Balaban J connectivity index is 1.36. The molecular weight excluding hydrogens is 867 g/mol. The summed E-state index contributed by atoms with van der Waals surface area (Å²) in [6.07, 6.45) is 0. The van der Waals surface area contributed by atoms with Crippen LogP contribution in [0, 0.1) is 0 Å². The van der Waals surface area contributed by atoms with Gasteiger partial charge in [0.05, 0.1) is 43.7 Å². The molecule has 0 aliphatic rings. The summed E-state index contributed by atoms with van der Waals surface area (Å²) in [5.41, 5.74) is 11.4. The standard InChI is InChI=1S/C57H34BrN5S/c58-38-32-33-48-43(34-38)50-49(35-18-4-1-5-19-35)51(57-60-55(36-20-6-2-7-21-36)59-56(61-57)37-22-8-3-9-23-37)52(62-44-28-14-10-24-39(44)40-25-11-15-29-45(40)62)53(54(50)64-48)63-46-30-16-12-26-41(46)42-27-13-17-31-47(42)63/h1-34H. The highest BCUT2D eigenvalue weighted by molar-refractivity contribution is 9.10. The van der Waals surface area contributed by atoms with Gasteiger partial charge in [-0.3, -0.25) is 0 Å². The normalized spacial score (nSPS) is 11.8. The Bertz CT molecular complexity index is 3800. The molecule has 0 bridgehead atoms. The third kappa shape index (κ3) is 5.64. The first-order valence-corrected chi connectivity index (χ1v) is 22.9. The molecule has 5 nitrogen and oxygen atoms in total. The number of hydrogen-bond donors (Lipinski definition) is 0. The summed E-state index contributed by atoms with van der Waals surface area (Å²) in [4.78, 5) is 16.4. The van der Waals surface area contributed by atoms with Gasteiger partial charge < -0.3 is 9.13 Å². The predicted octanol–water partition coefficient (Wildman–Crippen LogP) is 15.9. The molecule has 0 saturated carbocycles. The highest BCUT2D eigenvalue weighted by Crippen LogP contribution is 2.54. The largest absolute Gasteiger partial charge is 0.306 e. The molecule has 0 fully saturated rings. The second-order valence-corrected chi connectivity index (χ2v) is 18.0. The van der Waals surface area contributed by atoms with Crippen molar-refractivity contribution >= 4 is 91.1 Å². The molecule has 0 spiro atoms. The van der Waals surface area contributed by atoms with Crippen molar-refractivity contribution in [1.29, 1.82) is 0 Å². The molecule has 0 saturated heterocycles. The monoisotopic (exact) mass is 899 g/mol. The SMILES string of the molecule is Brc1ccc2sc3c(-n4c5ccccc5c5ccccc54)c(-n4c5ccccc5c5ccccc54)c(-c4nc(-c5ccccc5)nc(-c5ccccc5)n4)c(-c4ccccc4)c3c2c1. The van der Waals surface area contributed by atoms with Crippen molar-refractivity contribution in [3.63, 3.8) is 0 Å². The number of para-hydroxylation sites is 4. The van der Waals surface area contributed by atoms with Crippen molar-refractivity contribution in [3.8, 4) is 56.7 Å². The summed E-state index contributed by atoms with van der Waals surface area (Å²) in [6, 6.07) is 73.2. The second-order valence-electron chi connectivity index (χ2n) is 16.0. The number of thiophene rings is 1. The Morgan fingerprint density at radius 2 is 0.766 bits per heavy atom. The summed E-state index contributed by atoms with van der Waals surface area (Å²) in [6.45, 7) is 0. The number of rotatable bonds is 6. The zero-order valence-electron chi connectivity index (χ0n) is 34.2. The van der Waals surface area contributed by atoms with E-state index in [0.717, 1.165) is 76.5 Å². The van der Waals surface area contributed by atoms with Crippen LogP contribution in [0.25, 0.3) is 120 Å². The van der Waals surface area contributed by atoms with E-state index >= 15 is 0 Å². The molecule has 0 radical (unpaired) electrons. The van der Waals surface area contributed by atoms with E-state index in [2.05, 4.69) is 195 Å². The van der Waals surface area contributed by atoms with Gasteiger partial charge in [-0.25, -0.2) is 15.0 Å². The maximum absolute atomic E-state index is 5.60. The van der Waals surface area contributed by atoms with E-state index in [1.165, 1.54) is 30.9 Å². The van der Waals surface area contributed by atoms with Crippen molar-refractivity contribution in [2.24, 2.45) is 0 Å². The third-order valence-electron chi connectivity index (χ3n) is 12.4. The number of hydrogen-bond acceptors (Lipinski definition) is 4. The molecule has 13 aromatic rings. The highest BCUT2D eigenvalue weighted by atomic mass is 79.9. The van der Waals surface area contributed by atoms with E-state index in [0.29, 0.717) is 17.5 Å². The topological polar surface area (TPSA) is 48.5 Å². The Morgan fingerprint density at radius 3 is 1.25 bits per heavy atom. The van der Waals surface area contributed by atoms with Crippen LogP contribution in [0.3, 0.4) is 0 Å². The minimum absolute atomic E-state index is 0.585. The van der Waals surface area contributed by atoms with Crippen LogP contribution in [0.15, 0.2) is 211 Å². The van der Waals surface area contributed by atoms with E-state index in [-0.39, 0.29) is 0 Å². The van der Waals surface area contributed by atoms with Crippen molar-refractivity contribution in [3.05, 3.63) is 211 Å². The lowest BCUT2D eigenvalue weighted by molar-refractivity contribution is 1.06. The molecule has 7 heteroatoms. The summed E-state index contributed by atoms with van der Waals surface area (Å²) in [7, 11) is 0. The van der Waals surface area contributed by atoms with Gasteiger partial charge in [0.2, 0.25) is 0 Å². The molecule has 9 aromatic carbocycles. The van der Waals surface area contributed by atoms with Crippen molar-refractivity contribution < 1.29 is 0 Å². The summed E-state index contributed by atoms with van der Waals surface area (Å²) < 4.78 is 8.36. The van der Waals surface area contributed by atoms with Gasteiger partial charge in [0.25, 0.3) is 0 Å². The number of aromatic nitrogens is 5. The van der Waals surface area contributed by atoms with Crippen LogP contribution >= 0.6 is 27.3 Å². The number of fused-ring (bicyclic) bond motifs is 9. The van der Waals surface area contributed by atoms with E-state index < -0.39 is 0 Å². The predicted molar refractivity (Wildman–Crippen MR) is 271 cm³/mol. The molecule has 0 atom stereocenters. The van der Waals surface area contributed by atoms with Gasteiger partial charge in [-0.15, -0.1) is 11.3 Å². The Hall–Kier alpha value is -7.71. The molecule has 0 aliphatic carbocycles. The van der Waals surface area contributed by atoms with Crippen molar-refractivity contribution in [2.45, 2.75) is 0 Å². The molecule has 300 valence electrons. The Labute approximate surface area is 380 Å². The minimum Gasteiger partial charge on any atom is -0.306 e. The average molecular weight is 901 g/mol. The molecular formula is C57H34BrN5S. The fourth-order valence-electron chi connectivity index (χ4n) is 9.74. The number of halogens is 1. The van der Waals surface area contributed by atoms with Crippen LogP contribution in [-0.2, 0) is 0 Å². The summed E-state index contributed by atoms with van der Waals surface area (Å²) in [5, 5.41) is 7.02. The van der Waals surface area contributed by atoms with Crippen LogP contribution in [0.1, 0.15) is 0 Å². The molecule has 0 aliphatic heterocycles.